The van der Waals surface area contributed by atoms with Gasteiger partial charge in [-0.25, -0.2) is 18.2 Å². The van der Waals surface area contributed by atoms with E-state index >= 15 is 0 Å². The zero-order valence-corrected chi connectivity index (χ0v) is 22.5. The van der Waals surface area contributed by atoms with Crippen LogP contribution in [0.2, 0.25) is 5.02 Å². The number of carbonyl (C=O) groups excluding carboxylic acids is 1. The standard InChI is InChI=1S/C28H25ClN4O5S/c1-39(35,36)16-15-32-19-26(20-3-2-4-25(17-20)38-27-18-30-13-14-31-27)33(28(32)34)22-7-11-24(12-8-22)37-23-9-5-21(29)6-10-23/h2-14,17-18,26H,15-16,19H2,1H3/t26-/m1/s1. The predicted molar refractivity (Wildman–Crippen MR) is 148 cm³/mol. The lowest BCUT2D eigenvalue weighted by Crippen LogP contribution is -2.35. The van der Waals surface area contributed by atoms with Gasteiger partial charge >= 0.3 is 6.03 Å². The highest BCUT2D eigenvalue weighted by atomic mass is 35.5. The minimum absolute atomic E-state index is 0.0955. The van der Waals surface area contributed by atoms with Crippen molar-refractivity contribution in [1.29, 1.82) is 0 Å². The van der Waals surface area contributed by atoms with Crippen molar-refractivity contribution in [3.8, 4) is 23.1 Å². The van der Waals surface area contributed by atoms with E-state index < -0.39 is 9.84 Å². The number of carbonyl (C=O) groups is 1. The van der Waals surface area contributed by atoms with E-state index in [1.165, 1.54) is 12.4 Å². The Morgan fingerprint density at radius 2 is 1.67 bits per heavy atom. The van der Waals surface area contributed by atoms with E-state index in [-0.39, 0.29) is 24.4 Å². The maximum Gasteiger partial charge on any atom is 0.325 e. The molecule has 11 heteroatoms. The van der Waals surface area contributed by atoms with E-state index in [2.05, 4.69) is 9.97 Å². The topological polar surface area (TPSA) is 102 Å². The summed E-state index contributed by atoms with van der Waals surface area (Å²) in [5.41, 5.74) is 1.48. The van der Waals surface area contributed by atoms with Gasteiger partial charge in [-0.15, -0.1) is 0 Å². The molecule has 0 saturated carbocycles. The zero-order chi connectivity index (χ0) is 27.4. The molecule has 2 amide bonds. The lowest BCUT2D eigenvalue weighted by molar-refractivity contribution is 0.223. The molecule has 0 bridgehead atoms. The maximum atomic E-state index is 13.6. The van der Waals surface area contributed by atoms with Crippen LogP contribution in [-0.2, 0) is 9.84 Å². The molecule has 39 heavy (non-hydrogen) atoms. The van der Waals surface area contributed by atoms with Crippen LogP contribution in [0.1, 0.15) is 11.6 Å². The number of urea groups is 1. The Kier molecular flexibility index (Phi) is 7.67. The fourth-order valence-electron chi connectivity index (χ4n) is 4.22. The van der Waals surface area contributed by atoms with Crippen LogP contribution in [0.4, 0.5) is 10.5 Å². The van der Waals surface area contributed by atoms with Crippen molar-refractivity contribution in [3.05, 3.63) is 102 Å². The van der Waals surface area contributed by atoms with Gasteiger partial charge in [-0.2, -0.15) is 0 Å². The first kappa shape index (κ1) is 26.5. The Balaban J connectivity index is 1.42. The van der Waals surface area contributed by atoms with Crippen molar-refractivity contribution < 1.29 is 22.7 Å². The smallest absolute Gasteiger partial charge is 0.325 e. The molecular formula is C28H25ClN4O5S. The summed E-state index contributed by atoms with van der Waals surface area (Å²) in [6.07, 6.45) is 5.77. The summed E-state index contributed by atoms with van der Waals surface area (Å²) in [5, 5.41) is 0.614. The number of nitrogens with zero attached hydrogens (tertiary/aromatic N) is 4. The van der Waals surface area contributed by atoms with Crippen molar-refractivity contribution >= 4 is 33.2 Å². The van der Waals surface area contributed by atoms with Gasteiger partial charge in [0.1, 0.15) is 27.1 Å². The molecule has 0 spiro atoms. The first-order valence-corrected chi connectivity index (χ1v) is 14.5. The average Bonchev–Trinajstić information content (AvgIpc) is 3.26. The third-order valence-electron chi connectivity index (χ3n) is 6.08. The largest absolute Gasteiger partial charge is 0.457 e. The summed E-state index contributed by atoms with van der Waals surface area (Å²) in [6.45, 7) is 0.407. The minimum atomic E-state index is -3.25. The first-order chi connectivity index (χ1) is 18.7. The molecule has 1 atom stereocenters. The van der Waals surface area contributed by atoms with Crippen molar-refractivity contribution in [2.75, 3.05) is 30.0 Å². The summed E-state index contributed by atoms with van der Waals surface area (Å²) in [7, 11) is -3.25. The van der Waals surface area contributed by atoms with E-state index in [0.29, 0.717) is 40.4 Å². The quantitative estimate of drug-likeness (QED) is 0.255. The summed E-state index contributed by atoms with van der Waals surface area (Å²) in [4.78, 5) is 24.9. The van der Waals surface area contributed by atoms with Gasteiger partial charge in [0.2, 0.25) is 5.88 Å². The molecule has 0 unspecified atom stereocenters. The van der Waals surface area contributed by atoms with Crippen LogP contribution in [-0.4, -0.2) is 54.4 Å². The molecule has 4 aromatic rings. The van der Waals surface area contributed by atoms with Crippen molar-refractivity contribution in [3.63, 3.8) is 0 Å². The second kappa shape index (κ2) is 11.3. The number of hydrogen-bond donors (Lipinski definition) is 0. The van der Waals surface area contributed by atoms with E-state index in [1.54, 1.807) is 70.6 Å². The summed E-state index contributed by atoms with van der Waals surface area (Å²) < 4.78 is 35.4. The monoisotopic (exact) mass is 564 g/mol. The normalized spacial score (nSPS) is 15.4. The van der Waals surface area contributed by atoms with Crippen LogP contribution in [0.25, 0.3) is 0 Å². The summed E-state index contributed by atoms with van der Waals surface area (Å²) in [6, 6.07) is 20.9. The van der Waals surface area contributed by atoms with Crippen molar-refractivity contribution in [1.82, 2.24) is 14.9 Å². The van der Waals surface area contributed by atoms with Crippen LogP contribution < -0.4 is 14.4 Å². The highest BCUT2D eigenvalue weighted by Crippen LogP contribution is 2.37. The van der Waals surface area contributed by atoms with Gasteiger partial charge < -0.3 is 14.4 Å². The van der Waals surface area contributed by atoms with Crippen LogP contribution >= 0.6 is 11.6 Å². The van der Waals surface area contributed by atoms with Crippen LogP contribution in [0.3, 0.4) is 0 Å². The van der Waals surface area contributed by atoms with Gasteiger partial charge in [0.05, 0.1) is 18.0 Å². The number of sulfone groups is 1. The molecule has 1 aliphatic rings. The third kappa shape index (κ3) is 6.65. The molecule has 9 nitrogen and oxygen atoms in total. The molecule has 0 N–H and O–H groups in total. The molecule has 0 radical (unpaired) electrons. The first-order valence-electron chi connectivity index (χ1n) is 12.1. The van der Waals surface area contributed by atoms with E-state index in [0.717, 1.165) is 11.8 Å². The molecule has 1 aromatic heterocycles. The average molecular weight is 565 g/mol. The van der Waals surface area contributed by atoms with Crippen molar-refractivity contribution in [2.45, 2.75) is 6.04 Å². The second-order valence-corrected chi connectivity index (χ2v) is 11.7. The van der Waals surface area contributed by atoms with E-state index in [1.807, 2.05) is 18.2 Å². The Labute approximate surface area is 231 Å². The van der Waals surface area contributed by atoms with Gasteiger partial charge in [0.25, 0.3) is 0 Å². The molecule has 200 valence electrons. The fraction of sp³-hybridized carbons (Fsp3) is 0.179. The SMILES string of the molecule is CS(=O)(=O)CCN1C[C@H](c2cccc(Oc3cnccn3)c2)N(c2ccc(Oc3ccc(Cl)cc3)cc2)C1=O. The van der Waals surface area contributed by atoms with Gasteiger partial charge in [-0.05, 0) is 66.2 Å². The minimum Gasteiger partial charge on any atom is -0.457 e. The zero-order valence-electron chi connectivity index (χ0n) is 21.0. The Morgan fingerprint density at radius 1 is 0.949 bits per heavy atom. The number of hydrogen-bond acceptors (Lipinski definition) is 7. The number of benzene rings is 3. The van der Waals surface area contributed by atoms with Crippen LogP contribution in [0.15, 0.2) is 91.4 Å². The molecule has 3 aromatic carbocycles. The Bertz CT molecular complexity index is 1550. The summed E-state index contributed by atoms with van der Waals surface area (Å²) in [5.74, 6) is 2.00. The maximum absolute atomic E-state index is 13.6. The van der Waals surface area contributed by atoms with Crippen LogP contribution in [0.5, 0.6) is 23.1 Å². The summed E-state index contributed by atoms with van der Waals surface area (Å²) >= 11 is 5.95. The molecule has 2 heterocycles. The van der Waals surface area contributed by atoms with E-state index in [4.69, 9.17) is 21.1 Å². The number of rotatable bonds is 9. The lowest BCUT2D eigenvalue weighted by atomic mass is 10.1. The number of aromatic nitrogens is 2. The highest BCUT2D eigenvalue weighted by molar-refractivity contribution is 7.90. The number of anilines is 1. The van der Waals surface area contributed by atoms with Crippen LogP contribution in [0, 0.1) is 0 Å². The molecule has 0 aliphatic carbocycles. The number of halogens is 1. The lowest BCUT2D eigenvalue weighted by Gasteiger charge is -2.24. The molecule has 1 fully saturated rings. The predicted octanol–water partition coefficient (Wildman–Crippen LogP) is 5.74. The molecule has 1 aliphatic heterocycles. The van der Waals surface area contributed by atoms with Gasteiger partial charge in [0.15, 0.2) is 0 Å². The van der Waals surface area contributed by atoms with Gasteiger partial charge in [0, 0.05) is 42.4 Å². The fourth-order valence-corrected chi connectivity index (χ4v) is 4.90. The molecule has 5 rings (SSSR count). The third-order valence-corrected chi connectivity index (χ3v) is 7.26. The van der Waals surface area contributed by atoms with E-state index in [9.17, 15) is 13.2 Å². The molecular weight excluding hydrogens is 540 g/mol. The number of ether oxygens (including phenoxy) is 2. The number of amides is 2. The Hall–Kier alpha value is -4.15. The van der Waals surface area contributed by atoms with Gasteiger partial charge in [-0.1, -0.05) is 23.7 Å². The van der Waals surface area contributed by atoms with Gasteiger partial charge in [-0.3, -0.25) is 9.88 Å². The second-order valence-electron chi connectivity index (χ2n) is 9.01. The Morgan fingerprint density at radius 3 is 2.33 bits per heavy atom. The highest BCUT2D eigenvalue weighted by Gasteiger charge is 2.39. The van der Waals surface area contributed by atoms with Crippen molar-refractivity contribution in [2.24, 2.45) is 0 Å². The molecule has 1 saturated heterocycles.